The summed E-state index contributed by atoms with van der Waals surface area (Å²) in [5, 5.41) is 2.76. The molecule has 37 heavy (non-hydrogen) atoms. The summed E-state index contributed by atoms with van der Waals surface area (Å²) in [6.07, 6.45) is 21.8. The predicted molar refractivity (Wildman–Crippen MR) is 154 cm³/mol. The van der Waals surface area contributed by atoms with Crippen LogP contribution in [0, 0.1) is 0 Å². The second-order valence-corrected chi connectivity index (χ2v) is 10.9. The van der Waals surface area contributed by atoms with Gasteiger partial charge in [-0.1, -0.05) is 66.8 Å². The lowest BCUT2D eigenvalue weighted by atomic mass is 9.84. The van der Waals surface area contributed by atoms with Gasteiger partial charge in [0.1, 0.15) is 0 Å². The molecule has 0 amide bonds. The van der Waals surface area contributed by atoms with E-state index in [1.54, 1.807) is 0 Å². The summed E-state index contributed by atoms with van der Waals surface area (Å²) in [6.45, 7) is 0. The van der Waals surface area contributed by atoms with Crippen molar-refractivity contribution in [3.63, 3.8) is 0 Å². The van der Waals surface area contributed by atoms with Gasteiger partial charge in [-0.25, -0.2) is 0 Å². The maximum Gasteiger partial charge on any atom is 0.0519 e. The van der Waals surface area contributed by atoms with Crippen molar-refractivity contribution in [2.75, 3.05) is 0 Å². The number of rotatable bonds is 3. The fourth-order valence-electron chi connectivity index (χ4n) is 5.46. The highest BCUT2D eigenvalue weighted by Gasteiger charge is 2.34. The first-order valence-electron chi connectivity index (χ1n) is 12.6. The Morgan fingerprint density at radius 2 is 1.95 bits per heavy atom. The molecular weight excluding hydrogens is 470 g/mol. The summed E-state index contributed by atoms with van der Waals surface area (Å²) in [5.74, 6) is 0.287. The largest absolute Gasteiger partial charge is 0.398 e. The molecule has 3 aliphatic rings. The number of nitrogens with zero attached hydrogens (tertiary/aromatic N) is 2. The molecule has 7 rings (SSSR count). The van der Waals surface area contributed by atoms with Gasteiger partial charge < -0.3 is 5.73 Å². The molecule has 0 spiro atoms. The van der Waals surface area contributed by atoms with Crippen LogP contribution in [-0.4, -0.2) is 15.2 Å². The van der Waals surface area contributed by atoms with Crippen LogP contribution in [-0.2, 0) is 6.42 Å². The van der Waals surface area contributed by atoms with Crippen LogP contribution in [0.5, 0.6) is 0 Å². The Bertz CT molecular complexity index is 1710. The Morgan fingerprint density at radius 3 is 2.92 bits per heavy atom. The smallest absolute Gasteiger partial charge is 0.0519 e. The minimum absolute atomic E-state index is 0.287. The average molecular weight is 496 g/mol. The van der Waals surface area contributed by atoms with Crippen molar-refractivity contribution in [1.82, 2.24) is 9.97 Å². The molecule has 0 saturated heterocycles. The van der Waals surface area contributed by atoms with Gasteiger partial charge in [-0.2, -0.15) is 0 Å². The van der Waals surface area contributed by atoms with E-state index < -0.39 is 0 Å². The molecular formula is C33H25N3S. The lowest BCUT2D eigenvalue weighted by molar-refractivity contribution is 0.872. The molecule has 0 saturated carbocycles. The van der Waals surface area contributed by atoms with Crippen LogP contribution in [0.2, 0.25) is 0 Å². The van der Waals surface area contributed by atoms with Gasteiger partial charge in [-0.15, -0.1) is 11.8 Å². The van der Waals surface area contributed by atoms with Crippen molar-refractivity contribution in [3.8, 4) is 11.1 Å². The van der Waals surface area contributed by atoms with E-state index in [1.165, 1.54) is 38.1 Å². The molecule has 2 unspecified atom stereocenters. The number of benzene rings is 2. The topological polar surface area (TPSA) is 51.8 Å². The molecule has 0 fully saturated rings. The average Bonchev–Trinajstić information content (AvgIpc) is 3.33. The van der Waals surface area contributed by atoms with E-state index in [2.05, 4.69) is 95.0 Å². The standard InChI is InChI=1S/C33H25N3S/c34-29(12-7-21-6-8-22-3-2-15-36-30(22)17-21)25-11-13-31-28(19-25)33-27(4-1-5-32(33)37-31)24-9-10-26-20-35-16-14-23(26)18-24/h1-16,18-20,28,31H,17,34H2/b21-7-,29-12-. The van der Waals surface area contributed by atoms with Crippen LogP contribution in [0.1, 0.15) is 22.7 Å². The molecule has 2 atom stereocenters. The molecule has 2 aromatic carbocycles. The van der Waals surface area contributed by atoms with Gasteiger partial charge >= 0.3 is 0 Å². The number of fused-ring (bicyclic) bond motifs is 5. The number of hydrogen-bond donors (Lipinski definition) is 1. The summed E-state index contributed by atoms with van der Waals surface area (Å²) < 4.78 is 0. The van der Waals surface area contributed by atoms with Gasteiger partial charge in [0.2, 0.25) is 0 Å². The Hall–Kier alpha value is -4.15. The summed E-state index contributed by atoms with van der Waals surface area (Å²) >= 11 is 1.95. The molecule has 2 N–H and O–H groups in total. The predicted octanol–water partition coefficient (Wildman–Crippen LogP) is 7.39. The molecule has 3 heterocycles. The highest BCUT2D eigenvalue weighted by atomic mass is 32.2. The van der Waals surface area contributed by atoms with Crippen LogP contribution in [0.3, 0.4) is 0 Å². The molecule has 0 radical (unpaired) electrons. The van der Waals surface area contributed by atoms with Crippen LogP contribution in [0.25, 0.3) is 28.0 Å². The van der Waals surface area contributed by atoms with E-state index in [0.29, 0.717) is 5.25 Å². The van der Waals surface area contributed by atoms with Gasteiger partial charge in [0.05, 0.1) is 5.69 Å². The van der Waals surface area contributed by atoms with Crippen LogP contribution < -0.4 is 5.73 Å². The van der Waals surface area contributed by atoms with E-state index in [0.717, 1.165) is 28.8 Å². The summed E-state index contributed by atoms with van der Waals surface area (Å²) in [5.41, 5.74) is 15.9. The Kier molecular flexibility index (Phi) is 5.40. The molecule has 0 bridgehead atoms. The number of nitrogens with two attached hydrogens (primary N) is 1. The van der Waals surface area contributed by atoms with Gasteiger partial charge in [0.25, 0.3) is 0 Å². The second-order valence-electron chi connectivity index (χ2n) is 9.66. The Labute approximate surface area is 220 Å². The summed E-state index contributed by atoms with van der Waals surface area (Å²) in [6, 6.07) is 19.5. The quantitative estimate of drug-likeness (QED) is 0.322. The number of aromatic nitrogens is 2. The van der Waals surface area contributed by atoms with E-state index in [-0.39, 0.29) is 5.92 Å². The molecule has 2 aliphatic carbocycles. The maximum atomic E-state index is 6.62. The zero-order chi connectivity index (χ0) is 24.8. The molecule has 2 aromatic heterocycles. The van der Waals surface area contributed by atoms with Crippen LogP contribution >= 0.6 is 11.8 Å². The Balaban J connectivity index is 1.22. The van der Waals surface area contributed by atoms with Crippen LogP contribution in [0.4, 0.5) is 0 Å². The van der Waals surface area contributed by atoms with Crippen molar-refractivity contribution in [2.24, 2.45) is 5.73 Å². The maximum absolute atomic E-state index is 6.62. The van der Waals surface area contributed by atoms with E-state index >= 15 is 0 Å². The molecule has 4 heteroatoms. The van der Waals surface area contributed by atoms with Gasteiger partial charge in [-0.05, 0) is 69.1 Å². The fraction of sp³-hybridized carbons (Fsp3) is 0.0909. The van der Waals surface area contributed by atoms with Crippen LogP contribution in [0.15, 0.2) is 131 Å². The third-order valence-electron chi connectivity index (χ3n) is 7.38. The number of hydrogen-bond acceptors (Lipinski definition) is 4. The highest BCUT2D eigenvalue weighted by molar-refractivity contribution is 8.00. The van der Waals surface area contributed by atoms with Crippen molar-refractivity contribution in [2.45, 2.75) is 22.5 Å². The number of pyridine rings is 2. The van der Waals surface area contributed by atoms with E-state index in [4.69, 9.17) is 5.73 Å². The van der Waals surface area contributed by atoms with E-state index in [1.807, 2.05) is 42.5 Å². The molecule has 1 aliphatic heterocycles. The zero-order valence-electron chi connectivity index (χ0n) is 20.2. The lowest BCUT2D eigenvalue weighted by Gasteiger charge is -2.21. The second kappa shape index (κ2) is 9.06. The van der Waals surface area contributed by atoms with Crippen molar-refractivity contribution >= 4 is 28.6 Å². The molecule has 4 aromatic rings. The monoisotopic (exact) mass is 495 g/mol. The van der Waals surface area contributed by atoms with Gasteiger partial charge in [0, 0.05) is 52.2 Å². The SMILES string of the molecule is N/C(=C\C=C1\C=Cc2cccnc2C1)C1=CC2c3c(cccc3-c3ccc4cnccc4c3)SC2C=C1. The number of allylic oxidation sites excluding steroid dienone is 6. The first kappa shape index (κ1) is 22.1. The van der Waals surface area contributed by atoms with E-state index in [9.17, 15) is 0 Å². The third-order valence-corrected chi connectivity index (χ3v) is 8.71. The fourth-order valence-corrected chi connectivity index (χ4v) is 6.80. The normalized spacial score (nSPS) is 21.0. The van der Waals surface area contributed by atoms with Gasteiger partial charge in [0.15, 0.2) is 0 Å². The summed E-state index contributed by atoms with van der Waals surface area (Å²) in [4.78, 5) is 10.1. The van der Waals surface area contributed by atoms with Crippen molar-refractivity contribution in [1.29, 1.82) is 0 Å². The highest BCUT2D eigenvalue weighted by Crippen LogP contribution is 2.52. The molecule has 178 valence electrons. The zero-order valence-corrected chi connectivity index (χ0v) is 21.0. The lowest BCUT2D eigenvalue weighted by Crippen LogP contribution is -2.13. The minimum Gasteiger partial charge on any atom is -0.398 e. The van der Waals surface area contributed by atoms with Crippen molar-refractivity contribution < 1.29 is 0 Å². The third kappa shape index (κ3) is 4.04. The Morgan fingerprint density at radius 1 is 0.973 bits per heavy atom. The first-order chi connectivity index (χ1) is 18.2. The first-order valence-corrected chi connectivity index (χ1v) is 13.4. The minimum atomic E-state index is 0.287. The van der Waals surface area contributed by atoms with Crippen molar-refractivity contribution in [3.05, 3.63) is 143 Å². The molecule has 3 nitrogen and oxygen atoms in total. The van der Waals surface area contributed by atoms with Gasteiger partial charge in [-0.3, -0.25) is 9.97 Å². The summed E-state index contributed by atoms with van der Waals surface area (Å²) in [7, 11) is 0. The number of thioether (sulfide) groups is 1.